The Labute approximate surface area is 169 Å². The summed E-state index contributed by atoms with van der Waals surface area (Å²) in [4.78, 5) is 18.3. The topological polar surface area (TPSA) is 96.6 Å². The Bertz CT molecular complexity index is 893. The molecular formula is C18H26N4O4S2. The molecule has 0 aromatic carbocycles. The molecule has 0 aliphatic carbocycles. The van der Waals surface area contributed by atoms with Gasteiger partial charge in [-0.2, -0.15) is 9.29 Å². The van der Waals surface area contributed by atoms with Crippen molar-refractivity contribution in [3.05, 3.63) is 29.2 Å². The molecule has 0 bridgehead atoms. The highest BCUT2D eigenvalue weighted by atomic mass is 32.2. The molecule has 2 aromatic heterocycles. The Balaban J connectivity index is 1.68. The quantitative estimate of drug-likeness (QED) is 0.675. The monoisotopic (exact) mass is 426 g/mol. The van der Waals surface area contributed by atoms with E-state index in [2.05, 4.69) is 10.1 Å². The zero-order valence-corrected chi connectivity index (χ0v) is 18.0. The summed E-state index contributed by atoms with van der Waals surface area (Å²) >= 11 is 1.21. The van der Waals surface area contributed by atoms with Crippen LogP contribution in [0.15, 0.2) is 26.2 Å². The van der Waals surface area contributed by atoms with Gasteiger partial charge in [-0.15, -0.1) is 11.3 Å². The van der Waals surface area contributed by atoms with Crippen molar-refractivity contribution in [1.82, 2.24) is 19.3 Å². The molecule has 3 rings (SSSR count). The van der Waals surface area contributed by atoms with Gasteiger partial charge in [-0.1, -0.05) is 25.1 Å². The van der Waals surface area contributed by atoms with Gasteiger partial charge >= 0.3 is 0 Å². The maximum atomic E-state index is 12.8. The van der Waals surface area contributed by atoms with E-state index in [0.29, 0.717) is 42.0 Å². The van der Waals surface area contributed by atoms with Gasteiger partial charge in [0.25, 0.3) is 10.0 Å². The highest BCUT2D eigenvalue weighted by molar-refractivity contribution is 7.91. The SMILES string of the molecule is CC(=O)N(CCc1noc(C(C)C)n1)C1CCCN(S(=O)(=O)c2cccs2)C1. The predicted molar refractivity (Wildman–Crippen MR) is 106 cm³/mol. The number of amides is 1. The van der Waals surface area contributed by atoms with E-state index >= 15 is 0 Å². The first-order chi connectivity index (χ1) is 13.3. The first kappa shape index (κ1) is 20.9. The zero-order valence-electron chi connectivity index (χ0n) is 16.4. The van der Waals surface area contributed by atoms with E-state index in [1.807, 2.05) is 13.8 Å². The van der Waals surface area contributed by atoms with Crippen molar-refractivity contribution < 1.29 is 17.7 Å². The van der Waals surface area contributed by atoms with Gasteiger partial charge in [0, 0.05) is 44.9 Å². The van der Waals surface area contributed by atoms with Gasteiger partial charge in [-0.25, -0.2) is 8.42 Å². The Morgan fingerprint density at radius 1 is 1.46 bits per heavy atom. The fourth-order valence-electron chi connectivity index (χ4n) is 3.35. The summed E-state index contributed by atoms with van der Waals surface area (Å²) in [6.07, 6.45) is 1.97. The molecule has 1 saturated heterocycles. The maximum Gasteiger partial charge on any atom is 0.252 e. The van der Waals surface area contributed by atoms with Crippen LogP contribution in [0.1, 0.15) is 51.2 Å². The molecule has 154 valence electrons. The van der Waals surface area contributed by atoms with Crippen LogP contribution in [0.4, 0.5) is 0 Å². The van der Waals surface area contributed by atoms with E-state index in [1.165, 1.54) is 22.6 Å². The lowest BCUT2D eigenvalue weighted by Crippen LogP contribution is -2.51. The summed E-state index contributed by atoms with van der Waals surface area (Å²) in [5, 5.41) is 5.73. The molecule has 0 spiro atoms. The van der Waals surface area contributed by atoms with Crippen LogP contribution in [0.25, 0.3) is 0 Å². The van der Waals surface area contributed by atoms with E-state index in [4.69, 9.17) is 4.52 Å². The molecular weight excluding hydrogens is 400 g/mol. The summed E-state index contributed by atoms with van der Waals surface area (Å²) in [6, 6.07) is 3.20. The lowest BCUT2D eigenvalue weighted by Gasteiger charge is -2.38. The van der Waals surface area contributed by atoms with E-state index in [9.17, 15) is 13.2 Å². The Kier molecular flexibility index (Phi) is 6.51. The summed E-state index contributed by atoms with van der Waals surface area (Å²) in [7, 11) is -3.51. The van der Waals surface area contributed by atoms with Crippen molar-refractivity contribution in [2.45, 2.75) is 56.2 Å². The first-order valence-corrected chi connectivity index (χ1v) is 11.7. The summed E-state index contributed by atoms with van der Waals surface area (Å²) in [5.41, 5.74) is 0. The Morgan fingerprint density at radius 2 is 2.25 bits per heavy atom. The van der Waals surface area contributed by atoms with Gasteiger partial charge in [0.2, 0.25) is 11.8 Å². The zero-order chi connectivity index (χ0) is 20.3. The van der Waals surface area contributed by atoms with E-state index in [0.717, 1.165) is 12.8 Å². The maximum absolute atomic E-state index is 12.8. The van der Waals surface area contributed by atoms with Gasteiger partial charge in [-0.05, 0) is 24.3 Å². The number of carbonyl (C=O) groups excluding carboxylic acids is 1. The fraction of sp³-hybridized carbons (Fsp3) is 0.611. The highest BCUT2D eigenvalue weighted by Gasteiger charge is 2.34. The second kappa shape index (κ2) is 8.71. The van der Waals surface area contributed by atoms with Crippen molar-refractivity contribution in [3.8, 4) is 0 Å². The normalized spacial score (nSPS) is 18.5. The Morgan fingerprint density at radius 3 is 2.86 bits per heavy atom. The summed E-state index contributed by atoms with van der Waals surface area (Å²) < 4.78 is 32.7. The minimum atomic E-state index is -3.51. The Hall–Kier alpha value is -1.78. The first-order valence-electron chi connectivity index (χ1n) is 9.42. The van der Waals surface area contributed by atoms with E-state index in [1.54, 1.807) is 22.4 Å². The number of carbonyl (C=O) groups is 1. The molecule has 8 nitrogen and oxygen atoms in total. The molecule has 10 heteroatoms. The molecule has 1 atom stereocenters. The third-order valence-electron chi connectivity index (χ3n) is 4.85. The van der Waals surface area contributed by atoms with Crippen LogP contribution in [-0.4, -0.2) is 59.3 Å². The molecule has 1 unspecified atom stereocenters. The van der Waals surface area contributed by atoms with Crippen molar-refractivity contribution >= 4 is 27.3 Å². The van der Waals surface area contributed by atoms with Gasteiger partial charge in [0.1, 0.15) is 4.21 Å². The second-order valence-corrected chi connectivity index (χ2v) is 10.4. The van der Waals surface area contributed by atoms with Crippen LogP contribution in [0.3, 0.4) is 0 Å². The van der Waals surface area contributed by atoms with Crippen molar-refractivity contribution in [2.24, 2.45) is 0 Å². The highest BCUT2D eigenvalue weighted by Crippen LogP contribution is 2.26. The lowest BCUT2D eigenvalue weighted by molar-refractivity contribution is -0.131. The third-order valence-corrected chi connectivity index (χ3v) is 8.09. The summed E-state index contributed by atoms with van der Waals surface area (Å²) in [5.74, 6) is 1.22. The molecule has 1 fully saturated rings. The van der Waals surface area contributed by atoms with Crippen LogP contribution in [0.2, 0.25) is 0 Å². The smallest absolute Gasteiger partial charge is 0.252 e. The van der Waals surface area contributed by atoms with Crippen LogP contribution in [0, 0.1) is 0 Å². The van der Waals surface area contributed by atoms with Crippen LogP contribution in [-0.2, 0) is 21.2 Å². The minimum absolute atomic E-state index is 0.0760. The minimum Gasteiger partial charge on any atom is -0.339 e. The number of hydrogen-bond acceptors (Lipinski definition) is 7. The fourth-order valence-corrected chi connectivity index (χ4v) is 6.01. The second-order valence-electron chi connectivity index (χ2n) is 7.26. The standard InChI is InChI=1S/C18H26N4O4S2/c1-13(2)18-19-16(20-26-18)8-10-22(14(3)23)15-6-4-9-21(12-15)28(24,25)17-7-5-11-27-17/h5,7,11,13,15H,4,6,8-10,12H2,1-3H3. The molecule has 28 heavy (non-hydrogen) atoms. The molecule has 1 aliphatic rings. The van der Waals surface area contributed by atoms with Crippen LogP contribution in [0.5, 0.6) is 0 Å². The number of rotatable bonds is 7. The molecule has 1 aliphatic heterocycles. The number of aromatic nitrogens is 2. The van der Waals surface area contributed by atoms with Crippen molar-refractivity contribution in [3.63, 3.8) is 0 Å². The number of thiophene rings is 1. The van der Waals surface area contributed by atoms with Gasteiger partial charge < -0.3 is 9.42 Å². The van der Waals surface area contributed by atoms with Crippen molar-refractivity contribution in [2.75, 3.05) is 19.6 Å². The van der Waals surface area contributed by atoms with E-state index in [-0.39, 0.29) is 17.9 Å². The largest absolute Gasteiger partial charge is 0.339 e. The number of sulfonamides is 1. The average Bonchev–Trinajstić information content (AvgIpc) is 3.34. The van der Waals surface area contributed by atoms with Gasteiger partial charge in [0.05, 0.1) is 0 Å². The molecule has 3 heterocycles. The molecule has 0 N–H and O–H groups in total. The third kappa shape index (κ3) is 4.61. The predicted octanol–water partition coefficient (Wildman–Crippen LogP) is 2.50. The number of piperidine rings is 1. The van der Waals surface area contributed by atoms with Crippen molar-refractivity contribution in [1.29, 1.82) is 0 Å². The summed E-state index contributed by atoms with van der Waals surface area (Å²) in [6.45, 7) is 6.69. The average molecular weight is 427 g/mol. The van der Waals surface area contributed by atoms with E-state index < -0.39 is 10.0 Å². The molecule has 1 amide bonds. The van der Waals surface area contributed by atoms with Crippen LogP contribution < -0.4 is 0 Å². The van der Waals surface area contributed by atoms with Crippen LogP contribution >= 0.6 is 11.3 Å². The molecule has 0 saturated carbocycles. The lowest BCUT2D eigenvalue weighted by atomic mass is 10.1. The molecule has 2 aromatic rings. The molecule has 0 radical (unpaired) electrons. The number of hydrogen-bond donors (Lipinski definition) is 0. The van der Waals surface area contributed by atoms with Gasteiger partial charge in [0.15, 0.2) is 5.82 Å². The number of nitrogens with zero attached hydrogens (tertiary/aromatic N) is 4. The van der Waals surface area contributed by atoms with Gasteiger partial charge in [-0.3, -0.25) is 4.79 Å².